The number of hydrogen-bond donors (Lipinski definition) is 0. The lowest BCUT2D eigenvalue weighted by molar-refractivity contribution is 0.446. The van der Waals surface area contributed by atoms with Crippen molar-refractivity contribution < 1.29 is 0 Å². The predicted octanol–water partition coefficient (Wildman–Crippen LogP) is 5.73. The van der Waals surface area contributed by atoms with Gasteiger partial charge in [0.15, 0.2) is 0 Å². The Morgan fingerprint density at radius 1 is 0.933 bits per heavy atom. The summed E-state index contributed by atoms with van der Waals surface area (Å²) in [4.78, 5) is 0. The Labute approximate surface area is 97.2 Å². The van der Waals surface area contributed by atoms with Gasteiger partial charge in [0.05, 0.1) is 0 Å². The molecule has 0 nitrogen and oxygen atoms in total. The summed E-state index contributed by atoms with van der Waals surface area (Å²) in [6, 6.07) is 0. The Kier molecular flexibility index (Phi) is 11.6. The Morgan fingerprint density at radius 3 is 2.27 bits per heavy atom. The van der Waals surface area contributed by atoms with Crippen LogP contribution in [0.5, 0.6) is 0 Å². The summed E-state index contributed by atoms with van der Waals surface area (Å²) in [5, 5.41) is 0. The first-order valence-corrected chi connectivity index (χ1v) is 6.92. The van der Waals surface area contributed by atoms with Crippen LogP contribution in [-0.4, -0.2) is 0 Å². The van der Waals surface area contributed by atoms with Crippen LogP contribution in [0, 0.1) is 5.92 Å². The summed E-state index contributed by atoms with van der Waals surface area (Å²) in [6.45, 7) is 6.80. The fraction of sp³-hybridized carbons (Fsp3) is 0.867. The molecule has 0 aliphatic rings. The van der Waals surface area contributed by atoms with Crippen molar-refractivity contribution in [3.05, 3.63) is 12.2 Å². The molecule has 0 rings (SSSR count). The lowest BCUT2D eigenvalue weighted by Crippen LogP contribution is -1.94. The van der Waals surface area contributed by atoms with Crippen molar-refractivity contribution in [2.45, 2.75) is 78.6 Å². The maximum absolute atomic E-state index is 2.41. The van der Waals surface area contributed by atoms with E-state index in [9.17, 15) is 0 Å². The highest BCUT2D eigenvalue weighted by Crippen LogP contribution is 2.16. The van der Waals surface area contributed by atoms with Crippen molar-refractivity contribution in [3.63, 3.8) is 0 Å². The minimum atomic E-state index is 0.942. The molecule has 0 bridgehead atoms. The smallest absolute Gasteiger partial charge is 0.0351 e. The van der Waals surface area contributed by atoms with Crippen LogP contribution in [0.3, 0.4) is 0 Å². The first kappa shape index (κ1) is 14.7. The van der Waals surface area contributed by atoms with E-state index in [2.05, 4.69) is 32.9 Å². The lowest BCUT2D eigenvalue weighted by Gasteiger charge is -2.09. The average Bonchev–Trinajstić information content (AvgIpc) is 2.24. The molecule has 0 N–H and O–H groups in total. The standard InChI is InChI=1S/C15H30/c1-4-6-8-10-12-14-15(3)13-11-9-7-5-2/h5,7,15H,4,6,8-14H2,1-3H3/b7-5+. The Balaban J connectivity index is 3.14. The third kappa shape index (κ3) is 11.7. The van der Waals surface area contributed by atoms with E-state index in [1.807, 2.05) is 0 Å². The molecule has 90 valence electrons. The predicted molar refractivity (Wildman–Crippen MR) is 71.2 cm³/mol. The zero-order valence-corrected chi connectivity index (χ0v) is 11.1. The van der Waals surface area contributed by atoms with Crippen molar-refractivity contribution in [1.29, 1.82) is 0 Å². The van der Waals surface area contributed by atoms with Crippen LogP contribution in [0.1, 0.15) is 78.6 Å². The van der Waals surface area contributed by atoms with Crippen LogP contribution >= 0.6 is 0 Å². The third-order valence-electron chi connectivity index (χ3n) is 3.10. The van der Waals surface area contributed by atoms with Crippen LogP contribution in [-0.2, 0) is 0 Å². The first-order valence-electron chi connectivity index (χ1n) is 6.92. The molecule has 0 aromatic heterocycles. The second-order valence-electron chi connectivity index (χ2n) is 4.81. The van der Waals surface area contributed by atoms with Gasteiger partial charge >= 0.3 is 0 Å². The third-order valence-corrected chi connectivity index (χ3v) is 3.10. The second kappa shape index (κ2) is 11.8. The fourth-order valence-corrected chi connectivity index (χ4v) is 1.99. The molecule has 0 fully saturated rings. The highest BCUT2D eigenvalue weighted by atomic mass is 14.1. The van der Waals surface area contributed by atoms with Crippen LogP contribution in [0.25, 0.3) is 0 Å². The largest absolute Gasteiger partial charge is 0.0917 e. The van der Waals surface area contributed by atoms with E-state index in [4.69, 9.17) is 0 Å². The first-order chi connectivity index (χ1) is 7.31. The van der Waals surface area contributed by atoms with Gasteiger partial charge in [-0.25, -0.2) is 0 Å². The number of unbranched alkanes of at least 4 members (excludes halogenated alkanes) is 5. The van der Waals surface area contributed by atoms with E-state index >= 15 is 0 Å². The van der Waals surface area contributed by atoms with Crippen molar-refractivity contribution in [2.24, 2.45) is 5.92 Å². The van der Waals surface area contributed by atoms with E-state index in [-0.39, 0.29) is 0 Å². The van der Waals surface area contributed by atoms with E-state index < -0.39 is 0 Å². The number of rotatable bonds is 10. The minimum absolute atomic E-state index is 0.942. The summed E-state index contributed by atoms with van der Waals surface area (Å²) in [5.41, 5.74) is 0. The maximum Gasteiger partial charge on any atom is -0.0351 e. The molecule has 0 heteroatoms. The van der Waals surface area contributed by atoms with Gasteiger partial charge < -0.3 is 0 Å². The van der Waals surface area contributed by atoms with Crippen LogP contribution in [0.15, 0.2) is 12.2 Å². The van der Waals surface area contributed by atoms with E-state index in [1.165, 1.54) is 57.8 Å². The van der Waals surface area contributed by atoms with Crippen molar-refractivity contribution in [3.8, 4) is 0 Å². The van der Waals surface area contributed by atoms with Crippen molar-refractivity contribution >= 4 is 0 Å². The number of hydrogen-bond acceptors (Lipinski definition) is 0. The van der Waals surface area contributed by atoms with Gasteiger partial charge in [-0.15, -0.1) is 0 Å². The van der Waals surface area contributed by atoms with Gasteiger partial charge in [-0.05, 0) is 25.7 Å². The van der Waals surface area contributed by atoms with Gasteiger partial charge in [0.25, 0.3) is 0 Å². The molecular formula is C15H30. The summed E-state index contributed by atoms with van der Waals surface area (Å²) in [7, 11) is 0. The molecule has 0 aromatic rings. The Hall–Kier alpha value is -0.260. The molecule has 0 spiro atoms. The molecule has 0 aliphatic heterocycles. The molecule has 1 atom stereocenters. The lowest BCUT2D eigenvalue weighted by atomic mass is 9.97. The van der Waals surface area contributed by atoms with Gasteiger partial charge in [0, 0.05) is 0 Å². The zero-order valence-electron chi connectivity index (χ0n) is 11.1. The molecule has 0 aliphatic carbocycles. The number of allylic oxidation sites excluding steroid dienone is 2. The summed E-state index contributed by atoms with van der Waals surface area (Å²) >= 11 is 0. The fourth-order valence-electron chi connectivity index (χ4n) is 1.99. The monoisotopic (exact) mass is 210 g/mol. The minimum Gasteiger partial charge on any atom is -0.0917 e. The Bertz CT molecular complexity index is 135. The summed E-state index contributed by atoms with van der Waals surface area (Å²) < 4.78 is 0. The second-order valence-corrected chi connectivity index (χ2v) is 4.81. The van der Waals surface area contributed by atoms with Crippen LogP contribution in [0.4, 0.5) is 0 Å². The molecule has 0 amide bonds. The summed E-state index contributed by atoms with van der Waals surface area (Å²) in [6.07, 6.45) is 17.1. The highest BCUT2D eigenvalue weighted by molar-refractivity contribution is 4.76. The van der Waals surface area contributed by atoms with Gasteiger partial charge in [-0.2, -0.15) is 0 Å². The quantitative estimate of drug-likeness (QED) is 0.319. The normalized spacial score (nSPS) is 13.5. The van der Waals surface area contributed by atoms with Gasteiger partial charge in [-0.1, -0.05) is 70.9 Å². The van der Waals surface area contributed by atoms with E-state index in [0.717, 1.165) is 5.92 Å². The maximum atomic E-state index is 2.41. The molecule has 0 saturated heterocycles. The van der Waals surface area contributed by atoms with Crippen molar-refractivity contribution in [1.82, 2.24) is 0 Å². The van der Waals surface area contributed by atoms with E-state index in [0.29, 0.717) is 0 Å². The molecule has 0 saturated carbocycles. The average molecular weight is 210 g/mol. The van der Waals surface area contributed by atoms with E-state index in [1.54, 1.807) is 0 Å². The zero-order chi connectivity index (χ0) is 11.4. The highest BCUT2D eigenvalue weighted by Gasteiger charge is 2.00. The van der Waals surface area contributed by atoms with Gasteiger partial charge in [0.2, 0.25) is 0 Å². The molecule has 0 aromatic carbocycles. The topological polar surface area (TPSA) is 0 Å². The molecular weight excluding hydrogens is 180 g/mol. The van der Waals surface area contributed by atoms with Gasteiger partial charge in [-0.3, -0.25) is 0 Å². The van der Waals surface area contributed by atoms with Crippen LogP contribution < -0.4 is 0 Å². The summed E-state index contributed by atoms with van der Waals surface area (Å²) in [5.74, 6) is 0.942. The van der Waals surface area contributed by atoms with Gasteiger partial charge in [0.1, 0.15) is 0 Å². The molecule has 0 heterocycles. The Morgan fingerprint density at radius 2 is 1.60 bits per heavy atom. The molecule has 0 radical (unpaired) electrons. The van der Waals surface area contributed by atoms with Crippen molar-refractivity contribution in [2.75, 3.05) is 0 Å². The molecule has 1 unspecified atom stereocenters. The van der Waals surface area contributed by atoms with Crippen LogP contribution in [0.2, 0.25) is 0 Å². The molecule has 15 heavy (non-hydrogen) atoms. The SMILES string of the molecule is C/C=C/CCCC(C)CCCCCCC.